The van der Waals surface area contributed by atoms with E-state index in [0.29, 0.717) is 30.9 Å². The number of benzene rings is 1. The summed E-state index contributed by atoms with van der Waals surface area (Å²) in [6.45, 7) is 4.53. The van der Waals surface area contributed by atoms with Crippen molar-refractivity contribution >= 4 is 29.3 Å². The summed E-state index contributed by atoms with van der Waals surface area (Å²) in [5.41, 5.74) is 2.99. The molecule has 2 amide bonds. The lowest BCUT2D eigenvalue weighted by Gasteiger charge is -2.35. The maximum absolute atomic E-state index is 12.9. The van der Waals surface area contributed by atoms with Crippen molar-refractivity contribution in [2.24, 2.45) is 0 Å². The molecular formula is C27H39N7O2. The molecule has 1 saturated carbocycles. The van der Waals surface area contributed by atoms with E-state index in [9.17, 15) is 9.59 Å². The molecule has 4 rings (SSSR count). The van der Waals surface area contributed by atoms with E-state index in [0.717, 1.165) is 61.5 Å². The normalized spacial score (nSPS) is 16.2. The molecule has 9 heteroatoms. The molecule has 0 spiro atoms. The molecule has 2 heterocycles. The summed E-state index contributed by atoms with van der Waals surface area (Å²) < 4.78 is 0. The summed E-state index contributed by atoms with van der Waals surface area (Å²) in [6.07, 6.45) is 7.51. The highest BCUT2D eigenvalue weighted by Gasteiger charge is 2.28. The number of nitrogens with zero attached hydrogens (tertiary/aromatic N) is 4. The number of anilines is 3. The third-order valence-corrected chi connectivity index (χ3v) is 6.94. The van der Waals surface area contributed by atoms with Crippen LogP contribution in [-0.2, 0) is 16.0 Å². The second kappa shape index (κ2) is 12.2. The van der Waals surface area contributed by atoms with Gasteiger partial charge in [0.15, 0.2) is 0 Å². The molecule has 194 valence electrons. The quantitative estimate of drug-likeness (QED) is 0.413. The molecule has 0 bridgehead atoms. The largest absolute Gasteiger partial charge is 0.370 e. The van der Waals surface area contributed by atoms with Gasteiger partial charge < -0.3 is 25.8 Å². The Kier molecular flexibility index (Phi) is 8.74. The number of piperidine rings is 1. The Hall–Kier alpha value is -3.20. The van der Waals surface area contributed by atoms with Crippen LogP contribution >= 0.6 is 0 Å². The average molecular weight is 494 g/mol. The van der Waals surface area contributed by atoms with Gasteiger partial charge in [-0.1, -0.05) is 12.1 Å². The molecule has 0 unspecified atom stereocenters. The fourth-order valence-corrected chi connectivity index (χ4v) is 4.65. The predicted octanol–water partition coefficient (Wildman–Crippen LogP) is 3.13. The molecule has 1 aromatic heterocycles. The van der Waals surface area contributed by atoms with Crippen LogP contribution in [0.2, 0.25) is 0 Å². The average Bonchev–Trinajstić information content (AvgIpc) is 3.69. The van der Waals surface area contributed by atoms with E-state index in [1.165, 1.54) is 19.8 Å². The van der Waals surface area contributed by atoms with Gasteiger partial charge in [-0.05, 0) is 69.8 Å². The van der Waals surface area contributed by atoms with E-state index >= 15 is 0 Å². The highest BCUT2D eigenvalue weighted by molar-refractivity contribution is 5.79. The zero-order valence-electron chi connectivity index (χ0n) is 21.7. The van der Waals surface area contributed by atoms with E-state index in [2.05, 4.69) is 39.9 Å². The first-order valence-electron chi connectivity index (χ1n) is 13.0. The highest BCUT2D eigenvalue weighted by atomic mass is 16.2. The number of carbonyl (C=O) groups is 2. The maximum Gasteiger partial charge on any atom is 0.229 e. The summed E-state index contributed by atoms with van der Waals surface area (Å²) in [7, 11) is 4.22. The Labute approximate surface area is 214 Å². The van der Waals surface area contributed by atoms with Crippen molar-refractivity contribution in [1.29, 1.82) is 0 Å². The zero-order chi connectivity index (χ0) is 25.5. The van der Waals surface area contributed by atoms with Gasteiger partial charge in [-0.15, -0.1) is 0 Å². The lowest BCUT2D eigenvalue weighted by atomic mass is 10.0. The fraction of sp³-hybridized carbons (Fsp3) is 0.556. The van der Waals surface area contributed by atoms with Crippen LogP contribution in [0.25, 0.3) is 0 Å². The van der Waals surface area contributed by atoms with Gasteiger partial charge in [0.25, 0.3) is 0 Å². The van der Waals surface area contributed by atoms with Gasteiger partial charge in [-0.25, -0.2) is 4.98 Å². The van der Waals surface area contributed by atoms with Crippen molar-refractivity contribution < 1.29 is 9.59 Å². The third-order valence-electron chi connectivity index (χ3n) is 6.94. The van der Waals surface area contributed by atoms with Crippen LogP contribution in [0.15, 0.2) is 30.5 Å². The number of rotatable bonds is 11. The first-order chi connectivity index (χ1) is 17.4. The number of amides is 2. The molecule has 2 aromatic rings. The van der Waals surface area contributed by atoms with Crippen molar-refractivity contribution in [2.75, 3.05) is 50.9 Å². The Morgan fingerprint density at radius 2 is 1.89 bits per heavy atom. The lowest BCUT2D eigenvalue weighted by molar-refractivity contribution is -0.132. The van der Waals surface area contributed by atoms with Gasteiger partial charge in [-0.2, -0.15) is 4.98 Å². The van der Waals surface area contributed by atoms with Gasteiger partial charge in [0.2, 0.25) is 17.8 Å². The number of hydrogen-bond acceptors (Lipinski definition) is 7. The van der Waals surface area contributed by atoms with Crippen molar-refractivity contribution in [3.8, 4) is 0 Å². The molecule has 3 N–H and O–H groups in total. The molecule has 1 aliphatic carbocycles. The number of hydrogen-bond donors (Lipinski definition) is 3. The Morgan fingerprint density at radius 1 is 1.11 bits per heavy atom. The van der Waals surface area contributed by atoms with Crippen LogP contribution in [0.4, 0.5) is 17.5 Å². The number of carbonyl (C=O) groups excluding carboxylic acids is 2. The van der Waals surface area contributed by atoms with Crippen LogP contribution in [-0.4, -0.2) is 77.9 Å². The molecule has 0 atom stereocenters. The van der Waals surface area contributed by atoms with Crippen LogP contribution in [0.3, 0.4) is 0 Å². The van der Waals surface area contributed by atoms with Crippen LogP contribution in [0, 0.1) is 0 Å². The molecule has 1 saturated heterocycles. The summed E-state index contributed by atoms with van der Waals surface area (Å²) in [6, 6.07) is 8.49. The molecule has 1 aromatic carbocycles. The summed E-state index contributed by atoms with van der Waals surface area (Å²) >= 11 is 0. The topological polar surface area (TPSA) is 102 Å². The molecule has 1 aliphatic heterocycles. The van der Waals surface area contributed by atoms with Gasteiger partial charge in [0, 0.05) is 56.6 Å². The van der Waals surface area contributed by atoms with Crippen molar-refractivity contribution in [1.82, 2.24) is 25.1 Å². The highest BCUT2D eigenvalue weighted by Crippen LogP contribution is 2.42. The van der Waals surface area contributed by atoms with Gasteiger partial charge >= 0.3 is 0 Å². The number of likely N-dealkylation sites (tertiary alicyclic amines) is 1. The molecular weight excluding hydrogens is 454 g/mol. The van der Waals surface area contributed by atoms with Gasteiger partial charge in [-0.3, -0.25) is 9.59 Å². The summed E-state index contributed by atoms with van der Waals surface area (Å²) in [4.78, 5) is 37.5. The minimum atomic E-state index is -0.0139. The van der Waals surface area contributed by atoms with E-state index in [4.69, 9.17) is 4.98 Å². The van der Waals surface area contributed by atoms with Gasteiger partial charge in [0.05, 0.1) is 6.42 Å². The number of nitrogens with one attached hydrogen (secondary N) is 3. The van der Waals surface area contributed by atoms with E-state index in [1.54, 1.807) is 0 Å². The van der Waals surface area contributed by atoms with E-state index in [1.807, 2.05) is 35.4 Å². The lowest BCUT2D eigenvalue weighted by Crippen LogP contribution is -2.44. The van der Waals surface area contributed by atoms with E-state index < -0.39 is 0 Å². The monoisotopic (exact) mass is 493 g/mol. The standard InChI is InChI=1S/C27H39N7O2/c1-19(35)28-12-5-13-29-26-24(21-8-9-21)18-30-27(32-26)31-22-7-4-6-20(16-22)17-25(36)34-14-10-23(11-15-34)33(2)3/h4,6-7,16,18,21,23H,5,8-15,17H2,1-3H3,(H,28,35)(H2,29,30,31,32). The molecule has 9 nitrogen and oxygen atoms in total. The fourth-order valence-electron chi connectivity index (χ4n) is 4.65. The summed E-state index contributed by atoms with van der Waals surface area (Å²) in [5, 5.41) is 9.55. The Balaban J connectivity index is 1.35. The molecule has 36 heavy (non-hydrogen) atoms. The molecule has 2 fully saturated rings. The van der Waals surface area contributed by atoms with Crippen LogP contribution < -0.4 is 16.0 Å². The third kappa shape index (κ3) is 7.40. The SMILES string of the molecule is CC(=O)NCCCNc1nc(Nc2cccc(CC(=O)N3CCC(N(C)C)CC3)c2)ncc1C1CC1. The van der Waals surface area contributed by atoms with Crippen molar-refractivity contribution in [3.05, 3.63) is 41.6 Å². The van der Waals surface area contributed by atoms with Crippen molar-refractivity contribution in [3.63, 3.8) is 0 Å². The van der Waals surface area contributed by atoms with Crippen LogP contribution in [0.1, 0.15) is 56.1 Å². The van der Waals surface area contributed by atoms with E-state index in [-0.39, 0.29) is 11.8 Å². The Bertz CT molecular complexity index is 1050. The van der Waals surface area contributed by atoms with Crippen LogP contribution in [0.5, 0.6) is 0 Å². The zero-order valence-corrected chi connectivity index (χ0v) is 21.7. The predicted molar refractivity (Wildman–Crippen MR) is 143 cm³/mol. The smallest absolute Gasteiger partial charge is 0.229 e. The Morgan fingerprint density at radius 3 is 2.58 bits per heavy atom. The van der Waals surface area contributed by atoms with Gasteiger partial charge in [0.1, 0.15) is 5.82 Å². The minimum Gasteiger partial charge on any atom is -0.370 e. The molecule has 2 aliphatic rings. The van der Waals surface area contributed by atoms with Crippen molar-refractivity contribution in [2.45, 2.75) is 57.4 Å². The first kappa shape index (κ1) is 25.9. The maximum atomic E-state index is 12.9. The summed E-state index contributed by atoms with van der Waals surface area (Å²) in [5.74, 6) is 2.07. The first-order valence-corrected chi connectivity index (χ1v) is 13.0. The number of aromatic nitrogens is 2. The minimum absolute atomic E-state index is 0.0139. The second-order valence-corrected chi connectivity index (χ2v) is 10.1. The molecule has 0 radical (unpaired) electrons. The second-order valence-electron chi connectivity index (χ2n) is 10.1.